The van der Waals surface area contributed by atoms with Gasteiger partial charge in [0.05, 0.1) is 17.5 Å². The zero-order valence-electron chi connectivity index (χ0n) is 9.98. The van der Waals surface area contributed by atoms with E-state index in [1.807, 2.05) is 0 Å². The quantitative estimate of drug-likeness (QED) is 0.574. The normalized spacial score (nSPS) is 11.1. The van der Waals surface area contributed by atoms with Gasteiger partial charge in [-0.15, -0.1) is 0 Å². The maximum Gasteiger partial charge on any atom is 0.357 e. The van der Waals surface area contributed by atoms with E-state index in [0.29, 0.717) is 16.4 Å². The lowest BCUT2D eigenvalue weighted by Crippen LogP contribution is -2.05. The van der Waals surface area contributed by atoms with Crippen molar-refractivity contribution in [2.45, 2.75) is 6.92 Å². The van der Waals surface area contributed by atoms with Gasteiger partial charge in [0.15, 0.2) is 5.69 Å². The van der Waals surface area contributed by atoms with Crippen molar-refractivity contribution in [1.29, 1.82) is 0 Å². The second kappa shape index (κ2) is 4.47. The van der Waals surface area contributed by atoms with Crippen LogP contribution in [-0.4, -0.2) is 32.7 Å². The molecule has 0 radical (unpaired) electrons. The van der Waals surface area contributed by atoms with Gasteiger partial charge in [-0.05, 0) is 13.0 Å². The van der Waals surface area contributed by atoms with Gasteiger partial charge in [-0.25, -0.2) is 9.78 Å². The summed E-state index contributed by atoms with van der Waals surface area (Å²) in [7, 11) is 0. The second-order valence-corrected chi connectivity index (χ2v) is 4.20. The summed E-state index contributed by atoms with van der Waals surface area (Å²) in [4.78, 5) is 20.1. The minimum atomic E-state index is -0.503. The van der Waals surface area contributed by atoms with Crippen molar-refractivity contribution in [1.82, 2.24) is 20.2 Å². The summed E-state index contributed by atoms with van der Waals surface area (Å²) < 4.78 is 4.95. The minimum Gasteiger partial charge on any atom is -0.461 e. The number of esters is 1. The molecule has 0 aromatic carbocycles. The molecule has 19 heavy (non-hydrogen) atoms. The molecule has 3 aromatic rings. The van der Waals surface area contributed by atoms with Crippen LogP contribution in [0.15, 0.2) is 18.5 Å². The summed E-state index contributed by atoms with van der Waals surface area (Å²) >= 11 is 6.13. The standard InChI is InChI=1S/C12H9ClN4O2/c1-2-19-12(18)10-8-9(16-17-10)6-5-14-4-3-7(6)15-11(8)13/h3-5H,2H2,1H3,(H,16,17). The van der Waals surface area contributed by atoms with Crippen molar-refractivity contribution in [2.75, 3.05) is 6.61 Å². The maximum atomic E-state index is 11.8. The Hall–Kier alpha value is -2.21. The molecule has 0 bridgehead atoms. The molecule has 0 atom stereocenters. The predicted octanol–water partition coefficient (Wildman–Crippen LogP) is 2.34. The van der Waals surface area contributed by atoms with Crippen LogP contribution in [0, 0.1) is 0 Å². The first-order chi connectivity index (χ1) is 9.22. The molecule has 0 aliphatic carbocycles. The molecular formula is C12H9ClN4O2. The summed E-state index contributed by atoms with van der Waals surface area (Å²) in [6.45, 7) is 2.01. The highest BCUT2D eigenvalue weighted by Gasteiger charge is 2.20. The molecule has 7 heteroatoms. The topological polar surface area (TPSA) is 80.8 Å². The van der Waals surface area contributed by atoms with Crippen LogP contribution in [0.5, 0.6) is 0 Å². The van der Waals surface area contributed by atoms with E-state index < -0.39 is 5.97 Å². The monoisotopic (exact) mass is 276 g/mol. The molecule has 0 unspecified atom stereocenters. The highest BCUT2D eigenvalue weighted by molar-refractivity contribution is 6.36. The van der Waals surface area contributed by atoms with E-state index >= 15 is 0 Å². The molecule has 6 nitrogen and oxygen atoms in total. The number of H-pyrrole nitrogens is 1. The first-order valence-corrected chi connectivity index (χ1v) is 6.04. The predicted molar refractivity (Wildman–Crippen MR) is 70.2 cm³/mol. The van der Waals surface area contributed by atoms with Crippen LogP contribution in [0.3, 0.4) is 0 Å². The largest absolute Gasteiger partial charge is 0.461 e. The first-order valence-electron chi connectivity index (χ1n) is 5.66. The van der Waals surface area contributed by atoms with Crippen molar-refractivity contribution in [3.63, 3.8) is 0 Å². The highest BCUT2D eigenvalue weighted by Crippen LogP contribution is 2.29. The molecule has 0 amide bonds. The molecular weight excluding hydrogens is 268 g/mol. The molecule has 0 saturated carbocycles. The van der Waals surface area contributed by atoms with Crippen LogP contribution in [0.2, 0.25) is 5.15 Å². The lowest BCUT2D eigenvalue weighted by atomic mass is 10.2. The third-order valence-corrected chi connectivity index (χ3v) is 3.00. The van der Waals surface area contributed by atoms with Crippen LogP contribution >= 0.6 is 11.6 Å². The molecule has 0 fully saturated rings. The highest BCUT2D eigenvalue weighted by atomic mass is 35.5. The van der Waals surface area contributed by atoms with E-state index in [1.54, 1.807) is 25.4 Å². The Morgan fingerprint density at radius 3 is 3.16 bits per heavy atom. The summed E-state index contributed by atoms with van der Waals surface area (Å²) in [6.07, 6.45) is 3.26. The number of hydrogen-bond acceptors (Lipinski definition) is 5. The van der Waals surface area contributed by atoms with Crippen molar-refractivity contribution >= 4 is 39.4 Å². The maximum absolute atomic E-state index is 11.8. The SMILES string of the molecule is CCOC(=O)c1[nH]nc2c1c(Cl)nc1ccncc12. The van der Waals surface area contributed by atoms with Gasteiger partial charge in [-0.2, -0.15) is 5.10 Å². The van der Waals surface area contributed by atoms with Crippen LogP contribution < -0.4 is 0 Å². The Bertz CT molecular complexity index is 784. The van der Waals surface area contributed by atoms with E-state index in [0.717, 1.165) is 5.39 Å². The second-order valence-electron chi connectivity index (χ2n) is 3.84. The number of aromatic nitrogens is 4. The van der Waals surface area contributed by atoms with Crippen molar-refractivity contribution in [2.24, 2.45) is 0 Å². The molecule has 3 heterocycles. The first kappa shape index (κ1) is 11.9. The third-order valence-electron chi connectivity index (χ3n) is 2.72. The fourth-order valence-electron chi connectivity index (χ4n) is 1.92. The van der Waals surface area contributed by atoms with E-state index in [2.05, 4.69) is 20.2 Å². The number of hydrogen-bond donors (Lipinski definition) is 1. The summed E-state index contributed by atoms with van der Waals surface area (Å²) in [5.41, 5.74) is 1.45. The summed E-state index contributed by atoms with van der Waals surface area (Å²) in [5.74, 6) is -0.503. The molecule has 0 spiro atoms. The van der Waals surface area contributed by atoms with Crippen molar-refractivity contribution in [3.8, 4) is 0 Å². The lowest BCUT2D eigenvalue weighted by molar-refractivity contribution is 0.0521. The lowest BCUT2D eigenvalue weighted by Gasteiger charge is -2.01. The van der Waals surface area contributed by atoms with Gasteiger partial charge in [-0.1, -0.05) is 11.6 Å². The number of nitrogens with zero attached hydrogens (tertiary/aromatic N) is 3. The number of aromatic amines is 1. The zero-order chi connectivity index (χ0) is 13.4. The van der Waals surface area contributed by atoms with E-state index in [1.165, 1.54) is 0 Å². The van der Waals surface area contributed by atoms with Crippen LogP contribution in [-0.2, 0) is 4.74 Å². The Labute approximate surface area is 112 Å². The van der Waals surface area contributed by atoms with Crippen molar-refractivity contribution in [3.05, 3.63) is 29.3 Å². The fourth-order valence-corrected chi connectivity index (χ4v) is 2.19. The minimum absolute atomic E-state index is 0.208. The number of carbonyl (C=O) groups is 1. The number of pyridine rings is 2. The van der Waals surface area contributed by atoms with Crippen LogP contribution in [0.1, 0.15) is 17.4 Å². The van der Waals surface area contributed by atoms with Gasteiger partial charge in [0.25, 0.3) is 0 Å². The van der Waals surface area contributed by atoms with Gasteiger partial charge < -0.3 is 4.74 Å². The van der Waals surface area contributed by atoms with Crippen LogP contribution in [0.4, 0.5) is 0 Å². The van der Waals surface area contributed by atoms with E-state index in [9.17, 15) is 4.79 Å². The average Bonchev–Trinajstić information content (AvgIpc) is 2.85. The number of rotatable bonds is 2. The van der Waals surface area contributed by atoms with Gasteiger partial charge in [0, 0.05) is 17.8 Å². The van der Waals surface area contributed by atoms with Gasteiger partial charge in [0.1, 0.15) is 10.7 Å². The number of halogens is 1. The zero-order valence-corrected chi connectivity index (χ0v) is 10.7. The van der Waals surface area contributed by atoms with Crippen molar-refractivity contribution < 1.29 is 9.53 Å². The molecule has 1 N–H and O–H groups in total. The Morgan fingerprint density at radius 1 is 1.53 bits per heavy atom. The summed E-state index contributed by atoms with van der Waals surface area (Å²) in [5, 5.41) is 8.18. The van der Waals surface area contributed by atoms with E-state index in [4.69, 9.17) is 16.3 Å². The number of fused-ring (bicyclic) bond motifs is 3. The van der Waals surface area contributed by atoms with E-state index in [-0.39, 0.29) is 17.5 Å². The Kier molecular flexibility index (Phi) is 2.79. The smallest absolute Gasteiger partial charge is 0.357 e. The molecule has 0 aliphatic rings. The van der Waals surface area contributed by atoms with Crippen LogP contribution in [0.25, 0.3) is 21.8 Å². The number of carbonyl (C=O) groups excluding carboxylic acids is 1. The molecule has 0 saturated heterocycles. The van der Waals surface area contributed by atoms with Gasteiger partial charge >= 0.3 is 5.97 Å². The number of nitrogens with one attached hydrogen (secondary N) is 1. The fraction of sp³-hybridized carbons (Fsp3) is 0.167. The van der Waals surface area contributed by atoms with Gasteiger partial charge in [0.2, 0.25) is 0 Å². The molecule has 96 valence electrons. The Morgan fingerprint density at radius 2 is 2.37 bits per heavy atom. The Balaban J connectivity index is 2.34. The molecule has 0 aliphatic heterocycles. The van der Waals surface area contributed by atoms with Gasteiger partial charge in [-0.3, -0.25) is 10.1 Å². The average molecular weight is 277 g/mol. The third kappa shape index (κ3) is 1.80. The summed E-state index contributed by atoms with van der Waals surface area (Å²) in [6, 6.07) is 1.74. The number of ether oxygens (including phenoxy) is 1. The molecule has 3 aromatic heterocycles. The molecule has 3 rings (SSSR count).